The van der Waals surface area contributed by atoms with Gasteiger partial charge < -0.3 is 19.7 Å². The topological polar surface area (TPSA) is 65.6 Å². The molecule has 0 unspecified atom stereocenters. The monoisotopic (exact) mass is 330 g/mol. The standard InChI is InChI=1S/C19H26N2O3/c1-21-9-7-14(8-10-21)17-13-20-18-6-5-15(12-16(17)18)24-11-3-2-4-19(22)23/h5-6,12-14,20H,2-4,7-11H2,1H3,(H,22,23). The Balaban J connectivity index is 1.64. The van der Waals surface area contributed by atoms with E-state index in [-0.39, 0.29) is 6.42 Å². The van der Waals surface area contributed by atoms with Gasteiger partial charge in [0, 0.05) is 23.5 Å². The van der Waals surface area contributed by atoms with Crippen LogP contribution in [-0.4, -0.2) is 47.7 Å². The largest absolute Gasteiger partial charge is 0.494 e. The molecule has 1 aromatic carbocycles. The molecular formula is C19H26N2O3. The minimum absolute atomic E-state index is 0.209. The summed E-state index contributed by atoms with van der Waals surface area (Å²) >= 11 is 0. The molecule has 1 saturated heterocycles. The molecule has 130 valence electrons. The summed E-state index contributed by atoms with van der Waals surface area (Å²) in [5.74, 6) is 0.735. The number of fused-ring (bicyclic) bond motifs is 1. The van der Waals surface area contributed by atoms with Gasteiger partial charge in [-0.05, 0) is 75.5 Å². The zero-order chi connectivity index (χ0) is 16.9. The molecule has 0 spiro atoms. The molecule has 2 heterocycles. The molecule has 0 radical (unpaired) electrons. The van der Waals surface area contributed by atoms with E-state index in [0.29, 0.717) is 18.9 Å². The molecule has 1 aliphatic heterocycles. The van der Waals surface area contributed by atoms with Gasteiger partial charge in [-0.1, -0.05) is 0 Å². The van der Waals surface area contributed by atoms with Crippen molar-refractivity contribution in [1.29, 1.82) is 0 Å². The Morgan fingerprint density at radius 2 is 2.12 bits per heavy atom. The molecule has 2 N–H and O–H groups in total. The number of aromatic nitrogens is 1. The van der Waals surface area contributed by atoms with Gasteiger partial charge in [-0.15, -0.1) is 0 Å². The molecule has 1 fully saturated rings. The van der Waals surface area contributed by atoms with Crippen LogP contribution in [0.1, 0.15) is 43.6 Å². The van der Waals surface area contributed by atoms with Crippen molar-refractivity contribution in [2.75, 3.05) is 26.7 Å². The second-order valence-corrected chi connectivity index (χ2v) is 6.73. The molecule has 0 aliphatic carbocycles. The van der Waals surface area contributed by atoms with Crippen LogP contribution in [0, 0.1) is 0 Å². The zero-order valence-corrected chi connectivity index (χ0v) is 14.3. The first kappa shape index (κ1) is 16.8. The summed E-state index contributed by atoms with van der Waals surface area (Å²) in [5, 5.41) is 9.91. The number of likely N-dealkylation sites (tertiary alicyclic amines) is 1. The van der Waals surface area contributed by atoms with E-state index in [1.165, 1.54) is 23.8 Å². The van der Waals surface area contributed by atoms with Gasteiger partial charge >= 0.3 is 5.97 Å². The van der Waals surface area contributed by atoms with Crippen LogP contribution in [0.25, 0.3) is 10.9 Å². The van der Waals surface area contributed by atoms with Gasteiger partial charge in [0.25, 0.3) is 0 Å². The van der Waals surface area contributed by atoms with E-state index in [1.54, 1.807) is 0 Å². The first-order chi connectivity index (χ1) is 11.6. The number of ether oxygens (including phenoxy) is 1. The van der Waals surface area contributed by atoms with Crippen LogP contribution in [0.3, 0.4) is 0 Å². The van der Waals surface area contributed by atoms with Crippen molar-refractivity contribution >= 4 is 16.9 Å². The predicted molar refractivity (Wildman–Crippen MR) is 94.8 cm³/mol. The molecular weight excluding hydrogens is 304 g/mol. The lowest BCUT2D eigenvalue weighted by atomic mass is 9.89. The van der Waals surface area contributed by atoms with Crippen molar-refractivity contribution in [1.82, 2.24) is 9.88 Å². The Morgan fingerprint density at radius 3 is 2.88 bits per heavy atom. The van der Waals surface area contributed by atoms with Crippen LogP contribution in [0.15, 0.2) is 24.4 Å². The maximum absolute atomic E-state index is 10.5. The van der Waals surface area contributed by atoms with E-state index in [1.807, 2.05) is 6.07 Å². The van der Waals surface area contributed by atoms with E-state index < -0.39 is 5.97 Å². The van der Waals surface area contributed by atoms with Gasteiger partial charge in [-0.2, -0.15) is 0 Å². The number of rotatable bonds is 7. The summed E-state index contributed by atoms with van der Waals surface area (Å²) in [6.45, 7) is 2.86. The fraction of sp³-hybridized carbons (Fsp3) is 0.526. The van der Waals surface area contributed by atoms with Crippen LogP contribution in [0.5, 0.6) is 5.75 Å². The molecule has 5 nitrogen and oxygen atoms in total. The number of aromatic amines is 1. The summed E-state index contributed by atoms with van der Waals surface area (Å²) in [7, 11) is 2.18. The summed E-state index contributed by atoms with van der Waals surface area (Å²) in [4.78, 5) is 16.3. The second-order valence-electron chi connectivity index (χ2n) is 6.73. The fourth-order valence-corrected chi connectivity index (χ4v) is 3.44. The van der Waals surface area contributed by atoms with E-state index in [9.17, 15) is 4.79 Å². The lowest BCUT2D eigenvalue weighted by Gasteiger charge is -2.28. The maximum Gasteiger partial charge on any atom is 0.303 e. The van der Waals surface area contributed by atoms with Crippen LogP contribution >= 0.6 is 0 Å². The predicted octanol–water partition coefficient (Wildman–Crippen LogP) is 3.61. The Kier molecular flexibility index (Phi) is 5.41. The highest BCUT2D eigenvalue weighted by molar-refractivity contribution is 5.85. The van der Waals surface area contributed by atoms with Gasteiger partial charge in [-0.25, -0.2) is 0 Å². The minimum atomic E-state index is -0.744. The number of hydrogen-bond donors (Lipinski definition) is 2. The van der Waals surface area contributed by atoms with Gasteiger partial charge in [-0.3, -0.25) is 4.79 Å². The van der Waals surface area contributed by atoms with E-state index >= 15 is 0 Å². The van der Waals surface area contributed by atoms with Crippen molar-refractivity contribution in [3.05, 3.63) is 30.0 Å². The lowest BCUT2D eigenvalue weighted by molar-refractivity contribution is -0.137. The summed E-state index contributed by atoms with van der Waals surface area (Å²) < 4.78 is 5.81. The SMILES string of the molecule is CN1CCC(c2c[nH]c3ccc(OCCCCC(=O)O)cc23)CC1. The van der Waals surface area contributed by atoms with Crippen molar-refractivity contribution in [2.45, 2.75) is 38.0 Å². The molecule has 0 bridgehead atoms. The van der Waals surface area contributed by atoms with Crippen LogP contribution in [-0.2, 0) is 4.79 Å². The zero-order valence-electron chi connectivity index (χ0n) is 14.3. The highest BCUT2D eigenvalue weighted by Gasteiger charge is 2.21. The second kappa shape index (κ2) is 7.71. The first-order valence-electron chi connectivity index (χ1n) is 8.77. The van der Waals surface area contributed by atoms with Crippen molar-refractivity contribution < 1.29 is 14.6 Å². The van der Waals surface area contributed by atoms with Crippen LogP contribution in [0.4, 0.5) is 0 Å². The van der Waals surface area contributed by atoms with Crippen LogP contribution in [0.2, 0.25) is 0 Å². The average molecular weight is 330 g/mol. The molecule has 24 heavy (non-hydrogen) atoms. The Morgan fingerprint density at radius 1 is 1.33 bits per heavy atom. The number of H-pyrrole nitrogens is 1. The smallest absolute Gasteiger partial charge is 0.303 e. The number of nitrogens with zero attached hydrogens (tertiary/aromatic N) is 1. The number of carbonyl (C=O) groups is 1. The normalized spacial score (nSPS) is 16.5. The number of benzene rings is 1. The average Bonchev–Trinajstić information content (AvgIpc) is 2.98. The minimum Gasteiger partial charge on any atom is -0.494 e. The Hall–Kier alpha value is -2.01. The molecule has 3 rings (SSSR count). The van der Waals surface area contributed by atoms with E-state index in [0.717, 1.165) is 30.8 Å². The molecule has 0 atom stereocenters. The van der Waals surface area contributed by atoms with Gasteiger partial charge in [0.2, 0.25) is 0 Å². The molecule has 5 heteroatoms. The highest BCUT2D eigenvalue weighted by atomic mass is 16.5. The third kappa shape index (κ3) is 4.09. The molecule has 1 aromatic heterocycles. The Labute approximate surface area is 142 Å². The maximum atomic E-state index is 10.5. The number of carboxylic acids is 1. The van der Waals surface area contributed by atoms with Crippen LogP contribution < -0.4 is 4.74 Å². The number of hydrogen-bond acceptors (Lipinski definition) is 3. The molecule has 2 aromatic rings. The van der Waals surface area contributed by atoms with Gasteiger partial charge in [0.1, 0.15) is 5.75 Å². The molecule has 0 amide bonds. The number of unbranched alkanes of at least 4 members (excludes halogenated alkanes) is 1. The lowest BCUT2D eigenvalue weighted by Crippen LogP contribution is -2.29. The first-order valence-corrected chi connectivity index (χ1v) is 8.77. The third-order valence-corrected chi connectivity index (χ3v) is 4.90. The number of carboxylic acid groups (broad SMARTS) is 1. The third-order valence-electron chi connectivity index (χ3n) is 4.90. The van der Waals surface area contributed by atoms with Gasteiger partial charge in [0.15, 0.2) is 0 Å². The van der Waals surface area contributed by atoms with E-state index in [2.05, 4.69) is 35.3 Å². The van der Waals surface area contributed by atoms with Gasteiger partial charge in [0.05, 0.1) is 6.61 Å². The number of aliphatic carboxylic acids is 1. The van der Waals surface area contributed by atoms with Crippen molar-refractivity contribution in [2.24, 2.45) is 0 Å². The van der Waals surface area contributed by atoms with E-state index in [4.69, 9.17) is 9.84 Å². The summed E-state index contributed by atoms with van der Waals surface area (Å²) in [6, 6.07) is 6.17. The quantitative estimate of drug-likeness (QED) is 0.761. The number of nitrogens with one attached hydrogen (secondary N) is 1. The van der Waals surface area contributed by atoms with Crippen molar-refractivity contribution in [3.8, 4) is 5.75 Å². The molecule has 1 aliphatic rings. The summed E-state index contributed by atoms with van der Waals surface area (Å²) in [5.41, 5.74) is 2.55. The van der Waals surface area contributed by atoms with Crippen molar-refractivity contribution in [3.63, 3.8) is 0 Å². The fourth-order valence-electron chi connectivity index (χ4n) is 3.44. The summed E-state index contributed by atoms with van der Waals surface area (Å²) in [6.07, 6.45) is 6.17. The number of piperidine rings is 1. The molecule has 0 saturated carbocycles. The highest BCUT2D eigenvalue weighted by Crippen LogP contribution is 2.34. The Bertz CT molecular complexity index is 687.